The van der Waals surface area contributed by atoms with Gasteiger partial charge >= 0.3 is 12.2 Å². The summed E-state index contributed by atoms with van der Waals surface area (Å²) in [6.07, 6.45) is 7.88. The Balaban J connectivity index is 0.891. The highest BCUT2D eigenvalue weighted by atomic mass is 32.2. The van der Waals surface area contributed by atoms with Crippen molar-refractivity contribution >= 4 is 39.9 Å². The lowest BCUT2D eigenvalue weighted by atomic mass is 10.0. The summed E-state index contributed by atoms with van der Waals surface area (Å²) in [5.41, 5.74) is 8.64. The summed E-state index contributed by atoms with van der Waals surface area (Å²) in [4.78, 5) is 70.8. The number of amides is 5. The monoisotopic (exact) mass is 842 g/mol. The standard InChI is InChI=1S/C41H58N6O11S/c42-37(48)36-23-32(58-41(52)46-24-28-11-12-31(21-29(28)25-46)56-20-17-45-15-18-55-19-16-45)26-47(36)39(50)35(43-40(51)57-30-8-5-6-9-30)10-4-2-1-3-7-27-22-34(27)38(49)44-59(53,54)33-13-14-33/h7,11-12,21,30,32-36H,1-6,8-10,13-20,22-26H2,(H2,42,48)(H,43,51)(H,44,49)/b27-7-/t32-,34+,35+,36+/m1/s1. The SMILES string of the molecule is NC(=O)[C@@H]1C[C@@H](OC(=O)N2Cc3ccc(OCCN4CCOCC4)cc3C2)CN1C(=O)[C@H](CCCCC/C=C1/C[C@@H]1C(=O)NS(=O)(=O)C1CC1)NC(=O)OC1CCCC1. The van der Waals surface area contributed by atoms with Crippen LogP contribution >= 0.6 is 0 Å². The molecule has 2 saturated heterocycles. The number of morpholine rings is 1. The number of nitrogens with two attached hydrogens (primary N) is 1. The number of carbonyl (C=O) groups excluding carboxylic acids is 5. The molecular weight excluding hydrogens is 785 g/mol. The molecule has 59 heavy (non-hydrogen) atoms. The van der Waals surface area contributed by atoms with Gasteiger partial charge in [-0.3, -0.25) is 28.9 Å². The number of primary amides is 1. The number of nitrogens with zero attached hydrogens (tertiary/aromatic N) is 3. The van der Waals surface area contributed by atoms with Gasteiger partial charge in [0.25, 0.3) is 0 Å². The highest BCUT2D eigenvalue weighted by Gasteiger charge is 2.44. The second-order valence-corrected chi connectivity index (χ2v) is 18.6. The lowest BCUT2D eigenvalue weighted by Crippen LogP contribution is -2.53. The van der Waals surface area contributed by atoms with Gasteiger partial charge in [0.05, 0.1) is 30.9 Å². The van der Waals surface area contributed by atoms with E-state index in [9.17, 15) is 32.4 Å². The van der Waals surface area contributed by atoms with Crippen LogP contribution in [0.15, 0.2) is 29.8 Å². The molecule has 5 amide bonds. The number of ether oxygens (including phenoxy) is 4. The molecule has 0 spiro atoms. The summed E-state index contributed by atoms with van der Waals surface area (Å²) < 4.78 is 49.3. The fourth-order valence-electron chi connectivity index (χ4n) is 8.41. The van der Waals surface area contributed by atoms with Crippen LogP contribution in [-0.4, -0.2) is 129 Å². The second kappa shape index (κ2) is 19.3. The van der Waals surface area contributed by atoms with Gasteiger partial charge in [0.1, 0.15) is 36.6 Å². The maximum absolute atomic E-state index is 14.1. The Morgan fingerprint density at radius 1 is 0.949 bits per heavy atom. The number of likely N-dealkylation sites (tertiary alicyclic amines) is 1. The third-order valence-electron chi connectivity index (χ3n) is 12.1. The van der Waals surface area contributed by atoms with E-state index in [0.717, 1.165) is 87.4 Å². The summed E-state index contributed by atoms with van der Waals surface area (Å²) in [5.74, 6) is -1.38. The number of unbranched alkanes of at least 4 members (excludes halogenated alkanes) is 3. The van der Waals surface area contributed by atoms with Gasteiger partial charge in [0, 0.05) is 39.1 Å². The fraction of sp³-hybridized carbons (Fsp3) is 0.683. The number of hydrogen-bond acceptors (Lipinski definition) is 12. The number of rotatable bonds is 18. The first-order chi connectivity index (χ1) is 28.4. The van der Waals surface area contributed by atoms with Crippen LogP contribution in [-0.2, 0) is 51.7 Å². The number of carbonyl (C=O) groups is 5. The van der Waals surface area contributed by atoms with Crippen molar-refractivity contribution in [3.8, 4) is 5.75 Å². The summed E-state index contributed by atoms with van der Waals surface area (Å²) in [6, 6.07) is 3.76. The normalized spacial score (nSPS) is 24.4. The average Bonchev–Trinajstić information content (AvgIpc) is 4.06. The van der Waals surface area contributed by atoms with E-state index >= 15 is 0 Å². The number of hydrogen-bond donors (Lipinski definition) is 3. The Hall–Kier alpha value is -4.42. The number of fused-ring (bicyclic) bond motifs is 1. The molecule has 1 aromatic carbocycles. The van der Waals surface area contributed by atoms with Crippen LogP contribution in [0.4, 0.5) is 9.59 Å². The van der Waals surface area contributed by atoms with Crippen LogP contribution in [0.2, 0.25) is 0 Å². The van der Waals surface area contributed by atoms with Crippen LogP contribution in [0.5, 0.6) is 5.75 Å². The molecular formula is C41H58N6O11S. The molecule has 1 aromatic rings. The molecule has 0 bridgehead atoms. The molecule has 324 valence electrons. The molecule has 3 aliphatic carbocycles. The molecule has 4 N–H and O–H groups in total. The minimum absolute atomic E-state index is 0.0359. The zero-order valence-corrected chi connectivity index (χ0v) is 34.5. The van der Waals surface area contributed by atoms with E-state index < -0.39 is 69.3 Å². The first-order valence-corrected chi connectivity index (χ1v) is 22.8. The Morgan fingerprint density at radius 3 is 2.46 bits per heavy atom. The molecule has 0 unspecified atom stereocenters. The van der Waals surface area contributed by atoms with Gasteiger partial charge in [-0.05, 0) is 87.5 Å². The molecule has 5 fully saturated rings. The van der Waals surface area contributed by atoms with Crippen LogP contribution in [0.1, 0.15) is 94.6 Å². The lowest BCUT2D eigenvalue weighted by Gasteiger charge is -2.28. The number of nitrogens with one attached hydrogen (secondary N) is 2. The smallest absolute Gasteiger partial charge is 0.410 e. The quantitative estimate of drug-likeness (QED) is 0.144. The van der Waals surface area contributed by atoms with Crippen molar-refractivity contribution in [2.75, 3.05) is 46.0 Å². The van der Waals surface area contributed by atoms with Gasteiger partial charge in [0.15, 0.2) is 0 Å². The number of benzene rings is 1. The number of alkyl carbamates (subject to hydrolysis) is 1. The van der Waals surface area contributed by atoms with Crippen LogP contribution in [0.25, 0.3) is 0 Å². The Bertz CT molecular complexity index is 1860. The van der Waals surface area contributed by atoms with Gasteiger partial charge < -0.3 is 34.9 Å². The van der Waals surface area contributed by atoms with E-state index in [1.54, 1.807) is 4.90 Å². The Kier molecular flexibility index (Phi) is 14.0. The fourth-order valence-corrected chi connectivity index (χ4v) is 9.75. The molecule has 0 aromatic heterocycles. The summed E-state index contributed by atoms with van der Waals surface area (Å²) in [7, 11) is -3.57. The van der Waals surface area contributed by atoms with Crippen molar-refractivity contribution in [2.45, 2.75) is 126 Å². The highest BCUT2D eigenvalue weighted by Crippen LogP contribution is 2.39. The Morgan fingerprint density at radius 2 is 1.71 bits per heavy atom. The maximum atomic E-state index is 14.1. The molecule has 3 heterocycles. The van der Waals surface area contributed by atoms with Crippen molar-refractivity contribution in [3.63, 3.8) is 0 Å². The van der Waals surface area contributed by atoms with Gasteiger partial charge in [0.2, 0.25) is 27.7 Å². The highest BCUT2D eigenvalue weighted by molar-refractivity contribution is 7.90. The van der Waals surface area contributed by atoms with Gasteiger partial charge in [-0.25, -0.2) is 18.0 Å². The molecule has 0 radical (unpaired) electrons. The third-order valence-corrected chi connectivity index (χ3v) is 13.9. The molecule has 6 aliphatic rings. The van der Waals surface area contributed by atoms with Crippen molar-refractivity contribution in [2.24, 2.45) is 11.7 Å². The third kappa shape index (κ3) is 11.7. The van der Waals surface area contributed by atoms with Crippen LogP contribution < -0.4 is 20.5 Å². The molecule has 7 rings (SSSR count). The van der Waals surface area contributed by atoms with E-state index in [0.29, 0.717) is 58.2 Å². The molecule has 17 nitrogen and oxygen atoms in total. The predicted molar refractivity (Wildman–Crippen MR) is 213 cm³/mol. The molecule has 4 atom stereocenters. The Labute approximate surface area is 345 Å². The van der Waals surface area contributed by atoms with Crippen LogP contribution in [0, 0.1) is 5.92 Å². The number of allylic oxidation sites excluding steroid dienone is 1. The van der Waals surface area contributed by atoms with E-state index in [-0.39, 0.29) is 25.5 Å². The van der Waals surface area contributed by atoms with Crippen molar-refractivity contribution in [1.29, 1.82) is 0 Å². The molecule has 3 saturated carbocycles. The number of sulfonamides is 1. The average molecular weight is 843 g/mol. The zero-order chi connectivity index (χ0) is 41.5. The van der Waals surface area contributed by atoms with Crippen molar-refractivity contribution in [3.05, 3.63) is 41.0 Å². The largest absolute Gasteiger partial charge is 0.492 e. The zero-order valence-electron chi connectivity index (χ0n) is 33.6. The van der Waals surface area contributed by atoms with Crippen molar-refractivity contribution < 1.29 is 51.3 Å². The minimum atomic E-state index is -3.57. The second-order valence-electron chi connectivity index (χ2n) is 16.6. The predicted octanol–water partition coefficient (Wildman–Crippen LogP) is 2.85. The first-order valence-electron chi connectivity index (χ1n) is 21.2. The summed E-state index contributed by atoms with van der Waals surface area (Å²) >= 11 is 0. The van der Waals surface area contributed by atoms with Gasteiger partial charge in [-0.15, -0.1) is 0 Å². The molecule has 18 heteroatoms. The minimum Gasteiger partial charge on any atom is -0.492 e. The maximum Gasteiger partial charge on any atom is 0.410 e. The van der Waals surface area contributed by atoms with E-state index in [2.05, 4.69) is 14.9 Å². The summed E-state index contributed by atoms with van der Waals surface area (Å²) in [5, 5.41) is 2.29. The van der Waals surface area contributed by atoms with E-state index in [4.69, 9.17) is 24.7 Å². The lowest BCUT2D eigenvalue weighted by molar-refractivity contribution is -0.139. The summed E-state index contributed by atoms with van der Waals surface area (Å²) in [6.45, 7) is 5.19. The van der Waals surface area contributed by atoms with Gasteiger partial charge in [-0.1, -0.05) is 30.6 Å². The van der Waals surface area contributed by atoms with Gasteiger partial charge in [-0.2, -0.15) is 0 Å². The van der Waals surface area contributed by atoms with Crippen molar-refractivity contribution in [1.82, 2.24) is 24.7 Å². The topological polar surface area (TPSA) is 216 Å². The first kappa shape index (κ1) is 42.7. The van der Waals surface area contributed by atoms with E-state index in [1.807, 2.05) is 24.3 Å². The van der Waals surface area contributed by atoms with Crippen LogP contribution in [0.3, 0.4) is 0 Å². The molecule has 3 aliphatic heterocycles. The van der Waals surface area contributed by atoms with E-state index in [1.165, 1.54) is 4.90 Å².